The second kappa shape index (κ2) is 6.96. The predicted octanol–water partition coefficient (Wildman–Crippen LogP) is 4.31. The van der Waals surface area contributed by atoms with Gasteiger partial charge in [0.05, 0.1) is 0 Å². The minimum Gasteiger partial charge on any atom is -0.296 e. The molecule has 98 valence electrons. The summed E-state index contributed by atoms with van der Waals surface area (Å²) in [5.41, 5.74) is 1.39. The molecule has 0 amide bonds. The number of rotatable bonds is 4. The SMILES string of the molecule is C=CCN1CCCCCC1Cc1ccc(Cl)cc1. The molecule has 1 unspecified atom stereocenters. The van der Waals surface area contributed by atoms with Crippen LogP contribution in [0.15, 0.2) is 36.9 Å². The molecular formula is C16H22ClN. The van der Waals surface area contributed by atoms with Crippen molar-refractivity contribution in [2.24, 2.45) is 0 Å². The first kappa shape index (κ1) is 13.6. The summed E-state index contributed by atoms with van der Waals surface area (Å²) in [4.78, 5) is 2.58. The Hall–Kier alpha value is -0.790. The van der Waals surface area contributed by atoms with E-state index in [1.54, 1.807) is 0 Å². The minimum atomic E-state index is 0.659. The van der Waals surface area contributed by atoms with Crippen LogP contribution in [0.25, 0.3) is 0 Å². The highest BCUT2D eigenvalue weighted by Gasteiger charge is 2.19. The molecule has 0 spiro atoms. The highest BCUT2D eigenvalue weighted by Crippen LogP contribution is 2.21. The monoisotopic (exact) mass is 263 g/mol. The molecule has 1 aromatic rings. The van der Waals surface area contributed by atoms with Gasteiger partial charge in [0.2, 0.25) is 0 Å². The van der Waals surface area contributed by atoms with Gasteiger partial charge in [-0.3, -0.25) is 4.90 Å². The number of halogens is 1. The summed E-state index contributed by atoms with van der Waals surface area (Å²) in [6.07, 6.45) is 8.50. The van der Waals surface area contributed by atoms with Crippen molar-refractivity contribution < 1.29 is 0 Å². The standard InChI is InChI=1S/C16H22ClN/c1-2-11-18-12-5-3-4-6-16(18)13-14-7-9-15(17)10-8-14/h2,7-10,16H,1,3-6,11-13H2. The van der Waals surface area contributed by atoms with Crippen LogP contribution in [0.5, 0.6) is 0 Å². The molecule has 1 fully saturated rings. The van der Waals surface area contributed by atoms with Gasteiger partial charge >= 0.3 is 0 Å². The topological polar surface area (TPSA) is 3.24 Å². The molecule has 1 aliphatic heterocycles. The molecule has 0 aromatic heterocycles. The van der Waals surface area contributed by atoms with E-state index in [9.17, 15) is 0 Å². The van der Waals surface area contributed by atoms with Gasteiger partial charge in [0.25, 0.3) is 0 Å². The van der Waals surface area contributed by atoms with Crippen molar-refractivity contribution in [2.75, 3.05) is 13.1 Å². The zero-order chi connectivity index (χ0) is 12.8. The van der Waals surface area contributed by atoms with Crippen molar-refractivity contribution in [3.63, 3.8) is 0 Å². The molecule has 1 heterocycles. The maximum absolute atomic E-state index is 5.94. The number of nitrogens with zero attached hydrogens (tertiary/aromatic N) is 1. The summed E-state index contributed by atoms with van der Waals surface area (Å²) in [6, 6.07) is 8.95. The van der Waals surface area contributed by atoms with Crippen molar-refractivity contribution in [3.8, 4) is 0 Å². The van der Waals surface area contributed by atoms with Gasteiger partial charge in [0.1, 0.15) is 0 Å². The molecule has 1 saturated heterocycles. The van der Waals surface area contributed by atoms with Crippen LogP contribution < -0.4 is 0 Å². The van der Waals surface area contributed by atoms with Crippen LogP contribution in [-0.2, 0) is 6.42 Å². The van der Waals surface area contributed by atoms with E-state index in [4.69, 9.17) is 11.6 Å². The highest BCUT2D eigenvalue weighted by atomic mass is 35.5. The minimum absolute atomic E-state index is 0.659. The molecule has 0 bridgehead atoms. The molecule has 0 radical (unpaired) electrons. The van der Waals surface area contributed by atoms with Gasteiger partial charge < -0.3 is 0 Å². The van der Waals surface area contributed by atoms with Gasteiger partial charge in [0.15, 0.2) is 0 Å². The Bertz CT molecular complexity index is 371. The Kier molecular flexibility index (Phi) is 5.27. The Labute approximate surface area is 115 Å². The molecule has 2 heteroatoms. The summed E-state index contributed by atoms with van der Waals surface area (Å²) in [6.45, 7) is 6.10. The van der Waals surface area contributed by atoms with Crippen LogP contribution in [-0.4, -0.2) is 24.0 Å². The molecule has 0 N–H and O–H groups in total. The summed E-state index contributed by atoms with van der Waals surface area (Å²) < 4.78 is 0. The quantitative estimate of drug-likeness (QED) is 0.732. The average molecular weight is 264 g/mol. The van der Waals surface area contributed by atoms with Crippen molar-refractivity contribution in [1.29, 1.82) is 0 Å². The van der Waals surface area contributed by atoms with Crippen LogP contribution in [0, 0.1) is 0 Å². The zero-order valence-corrected chi connectivity index (χ0v) is 11.7. The molecular weight excluding hydrogens is 242 g/mol. The summed E-state index contributed by atoms with van der Waals surface area (Å²) >= 11 is 5.94. The molecule has 2 rings (SSSR count). The predicted molar refractivity (Wildman–Crippen MR) is 79.2 cm³/mol. The second-order valence-electron chi connectivity index (χ2n) is 5.12. The van der Waals surface area contributed by atoms with E-state index in [1.165, 1.54) is 37.8 Å². The summed E-state index contributed by atoms with van der Waals surface area (Å²) in [5.74, 6) is 0. The second-order valence-corrected chi connectivity index (χ2v) is 5.55. The van der Waals surface area contributed by atoms with E-state index in [1.807, 2.05) is 18.2 Å². The first-order valence-corrected chi connectivity index (χ1v) is 7.27. The maximum Gasteiger partial charge on any atom is 0.0406 e. The van der Waals surface area contributed by atoms with Crippen LogP contribution in [0.3, 0.4) is 0 Å². The smallest absolute Gasteiger partial charge is 0.0406 e. The molecule has 0 aliphatic carbocycles. The highest BCUT2D eigenvalue weighted by molar-refractivity contribution is 6.30. The van der Waals surface area contributed by atoms with E-state index >= 15 is 0 Å². The third kappa shape index (κ3) is 3.86. The van der Waals surface area contributed by atoms with E-state index in [-0.39, 0.29) is 0 Å². The lowest BCUT2D eigenvalue weighted by atomic mass is 10.0. The molecule has 1 aliphatic rings. The fraction of sp³-hybridized carbons (Fsp3) is 0.500. The maximum atomic E-state index is 5.94. The Morgan fingerprint density at radius 1 is 1.22 bits per heavy atom. The van der Waals surface area contributed by atoms with Crippen LogP contribution in [0.2, 0.25) is 5.02 Å². The molecule has 18 heavy (non-hydrogen) atoms. The van der Waals surface area contributed by atoms with Gasteiger partial charge in [-0.05, 0) is 43.5 Å². The Morgan fingerprint density at radius 3 is 2.72 bits per heavy atom. The Morgan fingerprint density at radius 2 is 2.00 bits per heavy atom. The summed E-state index contributed by atoms with van der Waals surface area (Å²) in [7, 11) is 0. The molecule has 1 aromatic carbocycles. The average Bonchev–Trinajstić information content (AvgIpc) is 2.59. The lowest BCUT2D eigenvalue weighted by Gasteiger charge is -2.29. The van der Waals surface area contributed by atoms with Crippen LogP contribution >= 0.6 is 11.6 Å². The number of benzene rings is 1. The van der Waals surface area contributed by atoms with E-state index < -0.39 is 0 Å². The van der Waals surface area contributed by atoms with Crippen LogP contribution in [0.1, 0.15) is 31.2 Å². The van der Waals surface area contributed by atoms with Gasteiger partial charge in [-0.25, -0.2) is 0 Å². The lowest BCUT2D eigenvalue weighted by molar-refractivity contribution is 0.220. The van der Waals surface area contributed by atoms with Crippen LogP contribution in [0.4, 0.5) is 0 Å². The number of hydrogen-bond donors (Lipinski definition) is 0. The van der Waals surface area contributed by atoms with E-state index in [0.29, 0.717) is 6.04 Å². The van der Waals surface area contributed by atoms with E-state index in [0.717, 1.165) is 18.0 Å². The summed E-state index contributed by atoms with van der Waals surface area (Å²) in [5, 5.41) is 0.822. The molecule has 1 nitrogen and oxygen atoms in total. The van der Waals surface area contributed by atoms with Crippen molar-refractivity contribution >= 4 is 11.6 Å². The number of likely N-dealkylation sites (tertiary alicyclic amines) is 1. The van der Waals surface area contributed by atoms with Gasteiger partial charge in [-0.15, -0.1) is 6.58 Å². The first-order chi connectivity index (χ1) is 8.79. The lowest BCUT2D eigenvalue weighted by Crippen LogP contribution is -2.36. The molecule has 0 saturated carbocycles. The first-order valence-electron chi connectivity index (χ1n) is 6.89. The van der Waals surface area contributed by atoms with Gasteiger partial charge in [0, 0.05) is 17.6 Å². The number of hydrogen-bond acceptors (Lipinski definition) is 1. The van der Waals surface area contributed by atoms with Gasteiger partial charge in [-0.1, -0.05) is 42.7 Å². The zero-order valence-electron chi connectivity index (χ0n) is 10.9. The van der Waals surface area contributed by atoms with Gasteiger partial charge in [-0.2, -0.15) is 0 Å². The third-order valence-corrected chi connectivity index (χ3v) is 4.00. The van der Waals surface area contributed by atoms with E-state index in [2.05, 4.69) is 23.6 Å². The van der Waals surface area contributed by atoms with Crippen molar-refractivity contribution in [2.45, 2.75) is 38.1 Å². The Balaban J connectivity index is 2.03. The molecule has 1 atom stereocenters. The fourth-order valence-electron chi connectivity index (χ4n) is 2.77. The fourth-order valence-corrected chi connectivity index (χ4v) is 2.89. The van der Waals surface area contributed by atoms with Crippen molar-refractivity contribution in [1.82, 2.24) is 4.90 Å². The largest absolute Gasteiger partial charge is 0.296 e. The third-order valence-electron chi connectivity index (χ3n) is 3.75. The van der Waals surface area contributed by atoms with Crippen molar-refractivity contribution in [3.05, 3.63) is 47.5 Å². The normalized spacial score (nSPS) is 21.5.